The van der Waals surface area contributed by atoms with Crippen LogP contribution in [-0.4, -0.2) is 5.97 Å². The number of hydrogen-bond acceptors (Lipinski definition) is 2. The first kappa shape index (κ1) is 13.7. The fraction of sp³-hybridized carbons (Fsp3) is 0.0714. The minimum Gasteiger partial charge on any atom is -0.420 e. The van der Waals surface area contributed by atoms with E-state index >= 15 is 0 Å². The second kappa shape index (κ2) is 5.93. The molecule has 0 fully saturated rings. The van der Waals surface area contributed by atoms with Crippen molar-refractivity contribution in [3.05, 3.63) is 64.1 Å². The average Bonchev–Trinajstić information content (AvgIpc) is 2.37. The van der Waals surface area contributed by atoms with E-state index < -0.39 is 23.4 Å². The maximum atomic E-state index is 13.3. The van der Waals surface area contributed by atoms with Crippen LogP contribution in [0.1, 0.15) is 5.56 Å². The third kappa shape index (κ3) is 3.61. The molecule has 98 valence electrons. The van der Waals surface area contributed by atoms with Crippen LogP contribution in [0.2, 0.25) is 0 Å². The highest BCUT2D eigenvalue weighted by Crippen LogP contribution is 2.21. The van der Waals surface area contributed by atoms with Crippen LogP contribution in [0, 0.1) is 11.6 Å². The molecule has 2 rings (SSSR count). The maximum Gasteiger partial charge on any atom is 0.315 e. The molecule has 0 atom stereocenters. The molecular formula is C14H9BrF2O2. The summed E-state index contributed by atoms with van der Waals surface area (Å²) in [6.45, 7) is 0. The Morgan fingerprint density at radius 3 is 2.21 bits per heavy atom. The van der Waals surface area contributed by atoms with Crippen LogP contribution in [0.4, 0.5) is 8.78 Å². The van der Waals surface area contributed by atoms with E-state index in [2.05, 4.69) is 15.9 Å². The number of esters is 1. The van der Waals surface area contributed by atoms with Crippen molar-refractivity contribution in [1.82, 2.24) is 0 Å². The lowest BCUT2D eigenvalue weighted by Gasteiger charge is -2.06. The van der Waals surface area contributed by atoms with Crippen LogP contribution in [0.15, 0.2) is 46.9 Å². The number of para-hydroxylation sites is 1. The van der Waals surface area contributed by atoms with Gasteiger partial charge in [0, 0.05) is 4.47 Å². The lowest BCUT2D eigenvalue weighted by atomic mass is 10.1. The highest BCUT2D eigenvalue weighted by Gasteiger charge is 2.14. The van der Waals surface area contributed by atoms with Gasteiger partial charge in [0.05, 0.1) is 6.42 Å². The Morgan fingerprint density at radius 1 is 1.05 bits per heavy atom. The molecule has 0 heterocycles. The highest BCUT2D eigenvalue weighted by atomic mass is 79.9. The van der Waals surface area contributed by atoms with Crippen molar-refractivity contribution >= 4 is 21.9 Å². The number of halogens is 3. The van der Waals surface area contributed by atoms with Gasteiger partial charge >= 0.3 is 5.97 Å². The Bertz CT molecular complexity index is 577. The van der Waals surface area contributed by atoms with Crippen molar-refractivity contribution in [3.8, 4) is 5.75 Å². The number of carbonyl (C=O) groups excluding carboxylic acids is 1. The molecule has 19 heavy (non-hydrogen) atoms. The normalized spacial score (nSPS) is 10.3. The van der Waals surface area contributed by atoms with E-state index in [0.29, 0.717) is 5.56 Å². The zero-order valence-corrected chi connectivity index (χ0v) is 11.3. The quantitative estimate of drug-likeness (QED) is 0.632. The Hall–Kier alpha value is -1.75. The second-order valence-electron chi connectivity index (χ2n) is 3.83. The number of hydrogen-bond donors (Lipinski definition) is 0. The smallest absolute Gasteiger partial charge is 0.315 e. The Labute approximate surface area is 117 Å². The fourth-order valence-corrected chi connectivity index (χ4v) is 1.76. The third-order valence-electron chi connectivity index (χ3n) is 2.40. The number of benzene rings is 2. The summed E-state index contributed by atoms with van der Waals surface area (Å²) in [5.41, 5.74) is 0.699. The number of rotatable bonds is 3. The lowest BCUT2D eigenvalue weighted by Crippen LogP contribution is -2.13. The monoisotopic (exact) mass is 326 g/mol. The van der Waals surface area contributed by atoms with Gasteiger partial charge < -0.3 is 4.74 Å². The molecule has 0 N–H and O–H groups in total. The molecule has 0 radical (unpaired) electrons. The summed E-state index contributed by atoms with van der Waals surface area (Å²) in [5.74, 6) is -3.18. The van der Waals surface area contributed by atoms with Gasteiger partial charge in [0.1, 0.15) is 0 Å². The van der Waals surface area contributed by atoms with E-state index in [1.54, 1.807) is 24.3 Å². The molecule has 0 saturated carbocycles. The van der Waals surface area contributed by atoms with E-state index in [1.165, 1.54) is 6.07 Å². The van der Waals surface area contributed by atoms with Gasteiger partial charge in [-0.15, -0.1) is 0 Å². The average molecular weight is 327 g/mol. The molecule has 0 amide bonds. The Balaban J connectivity index is 2.07. The Kier molecular flexibility index (Phi) is 4.27. The van der Waals surface area contributed by atoms with Crippen molar-refractivity contribution in [3.63, 3.8) is 0 Å². The van der Waals surface area contributed by atoms with Crippen molar-refractivity contribution < 1.29 is 18.3 Å². The van der Waals surface area contributed by atoms with Crippen LogP contribution in [0.3, 0.4) is 0 Å². The van der Waals surface area contributed by atoms with Gasteiger partial charge in [-0.05, 0) is 29.8 Å². The van der Waals surface area contributed by atoms with Gasteiger partial charge in [0.2, 0.25) is 5.75 Å². The molecule has 2 aromatic rings. The van der Waals surface area contributed by atoms with Crippen molar-refractivity contribution in [2.24, 2.45) is 0 Å². The topological polar surface area (TPSA) is 26.3 Å². The van der Waals surface area contributed by atoms with Crippen LogP contribution >= 0.6 is 15.9 Å². The second-order valence-corrected chi connectivity index (χ2v) is 4.74. The van der Waals surface area contributed by atoms with Gasteiger partial charge in [-0.3, -0.25) is 4.79 Å². The van der Waals surface area contributed by atoms with Crippen molar-refractivity contribution in [2.75, 3.05) is 0 Å². The van der Waals surface area contributed by atoms with E-state index in [1.807, 2.05) is 0 Å². The zero-order valence-electron chi connectivity index (χ0n) is 9.70. The molecule has 0 spiro atoms. The van der Waals surface area contributed by atoms with Gasteiger partial charge in [-0.2, -0.15) is 0 Å². The van der Waals surface area contributed by atoms with Gasteiger partial charge in [-0.1, -0.05) is 34.1 Å². The molecule has 2 aromatic carbocycles. The highest BCUT2D eigenvalue weighted by molar-refractivity contribution is 9.10. The van der Waals surface area contributed by atoms with Crippen LogP contribution in [-0.2, 0) is 11.2 Å². The Morgan fingerprint density at radius 2 is 1.63 bits per heavy atom. The predicted molar refractivity (Wildman–Crippen MR) is 69.8 cm³/mol. The summed E-state index contributed by atoms with van der Waals surface area (Å²) in [4.78, 5) is 11.6. The number of carbonyl (C=O) groups is 1. The predicted octanol–water partition coefficient (Wildman–Crippen LogP) is 3.88. The van der Waals surface area contributed by atoms with Gasteiger partial charge in [0.15, 0.2) is 11.6 Å². The summed E-state index contributed by atoms with van der Waals surface area (Å²) in [6, 6.07) is 10.3. The standard InChI is InChI=1S/C14H9BrF2O2/c15-10-6-4-9(5-7-10)8-13(18)19-14-11(16)2-1-3-12(14)17/h1-7H,8H2. The molecule has 0 aliphatic carbocycles. The SMILES string of the molecule is O=C(Cc1ccc(Br)cc1)Oc1c(F)cccc1F. The van der Waals surface area contributed by atoms with Gasteiger partial charge in [0.25, 0.3) is 0 Å². The molecule has 0 bridgehead atoms. The summed E-state index contributed by atoms with van der Waals surface area (Å²) in [7, 11) is 0. The molecule has 5 heteroatoms. The molecular weight excluding hydrogens is 318 g/mol. The van der Waals surface area contributed by atoms with Crippen molar-refractivity contribution in [1.29, 1.82) is 0 Å². The number of ether oxygens (including phenoxy) is 1. The third-order valence-corrected chi connectivity index (χ3v) is 2.93. The fourth-order valence-electron chi connectivity index (χ4n) is 1.50. The molecule has 0 unspecified atom stereocenters. The summed E-state index contributed by atoms with van der Waals surface area (Å²) in [6.07, 6.45) is -0.0545. The van der Waals surface area contributed by atoms with E-state index in [0.717, 1.165) is 16.6 Å². The van der Waals surface area contributed by atoms with E-state index in [4.69, 9.17) is 4.74 Å². The lowest BCUT2D eigenvalue weighted by molar-refractivity contribution is -0.134. The first-order valence-corrected chi connectivity index (χ1v) is 6.24. The summed E-state index contributed by atoms with van der Waals surface area (Å²) >= 11 is 3.27. The molecule has 2 nitrogen and oxygen atoms in total. The molecule has 0 aliphatic heterocycles. The van der Waals surface area contributed by atoms with Crippen LogP contribution in [0.25, 0.3) is 0 Å². The van der Waals surface area contributed by atoms with Crippen LogP contribution in [0.5, 0.6) is 5.75 Å². The van der Waals surface area contributed by atoms with Gasteiger partial charge in [-0.25, -0.2) is 8.78 Å². The molecule has 0 aromatic heterocycles. The first-order valence-electron chi connectivity index (χ1n) is 5.45. The largest absolute Gasteiger partial charge is 0.420 e. The minimum atomic E-state index is -0.899. The van der Waals surface area contributed by atoms with E-state index in [-0.39, 0.29) is 6.42 Å². The van der Waals surface area contributed by atoms with E-state index in [9.17, 15) is 13.6 Å². The molecule has 0 aliphatic rings. The van der Waals surface area contributed by atoms with Crippen LogP contribution < -0.4 is 4.74 Å². The summed E-state index contributed by atoms with van der Waals surface area (Å²) < 4.78 is 32.1. The maximum absolute atomic E-state index is 13.3. The van der Waals surface area contributed by atoms with Crippen molar-refractivity contribution in [2.45, 2.75) is 6.42 Å². The summed E-state index contributed by atoms with van der Waals surface area (Å²) in [5, 5.41) is 0. The zero-order chi connectivity index (χ0) is 13.8. The minimum absolute atomic E-state index is 0.0545. The first-order chi connectivity index (χ1) is 9.06. The molecule has 0 saturated heterocycles.